The number of rotatable bonds is 5. The van der Waals surface area contributed by atoms with Crippen LogP contribution in [-0.2, 0) is 4.79 Å². The van der Waals surface area contributed by atoms with E-state index in [1.807, 2.05) is 13.0 Å². The summed E-state index contributed by atoms with van der Waals surface area (Å²) in [6.07, 6.45) is 0. The second-order valence-corrected chi connectivity index (χ2v) is 8.12. The molecule has 24 heavy (non-hydrogen) atoms. The molecule has 2 aromatic rings. The van der Waals surface area contributed by atoms with Gasteiger partial charge in [0.1, 0.15) is 4.83 Å². The van der Waals surface area contributed by atoms with Gasteiger partial charge in [-0.15, -0.1) is 11.3 Å². The molecule has 1 fully saturated rings. The average Bonchev–Trinajstić information content (AvgIpc) is 3.20. The lowest BCUT2D eigenvalue weighted by molar-refractivity contribution is -0.142. The first kappa shape index (κ1) is 17.2. The monoisotopic (exact) mass is 367 g/mol. The van der Waals surface area contributed by atoms with Crippen LogP contribution in [-0.4, -0.2) is 53.0 Å². The third kappa shape index (κ3) is 3.00. The highest BCUT2D eigenvalue weighted by Gasteiger charge is 2.37. The normalized spacial score (nSPS) is 20.7. The molecule has 2 atom stereocenters. The number of aliphatic carboxylic acids is 1. The number of anilines is 1. The number of carboxylic acid groups (broad SMARTS) is 1. The molecule has 0 aromatic carbocycles. The molecule has 1 saturated heterocycles. The lowest BCUT2D eigenvalue weighted by atomic mass is 9.99. The molecule has 1 N–H and O–H groups in total. The molecular weight excluding hydrogens is 346 g/mol. The SMILES string of the molecule is CCN(CC)c1nc2sc(C(=O)N3C[C@@H](C)[C@H](C(=O)O)C3)cc2s1. The van der Waals surface area contributed by atoms with Gasteiger partial charge in [0.25, 0.3) is 5.91 Å². The van der Waals surface area contributed by atoms with E-state index < -0.39 is 11.9 Å². The number of carbonyl (C=O) groups is 2. The maximum absolute atomic E-state index is 12.7. The number of hydrogen-bond donors (Lipinski definition) is 1. The first-order chi connectivity index (χ1) is 11.4. The molecular formula is C16H21N3O3S2. The predicted molar refractivity (Wildman–Crippen MR) is 97.3 cm³/mol. The van der Waals surface area contributed by atoms with E-state index in [1.54, 1.807) is 16.2 Å². The number of likely N-dealkylation sites (tertiary alicyclic amines) is 1. The first-order valence-electron chi connectivity index (χ1n) is 8.12. The van der Waals surface area contributed by atoms with Gasteiger partial charge in [-0.3, -0.25) is 9.59 Å². The van der Waals surface area contributed by atoms with Crippen molar-refractivity contribution < 1.29 is 14.7 Å². The topological polar surface area (TPSA) is 73.7 Å². The van der Waals surface area contributed by atoms with Crippen molar-refractivity contribution in [2.24, 2.45) is 11.8 Å². The minimum Gasteiger partial charge on any atom is -0.481 e. The Bertz CT molecular complexity index is 734. The van der Waals surface area contributed by atoms with Gasteiger partial charge in [0.15, 0.2) is 5.13 Å². The van der Waals surface area contributed by atoms with Crippen molar-refractivity contribution in [1.82, 2.24) is 9.88 Å². The molecule has 3 rings (SSSR count). The summed E-state index contributed by atoms with van der Waals surface area (Å²) >= 11 is 3.00. The molecule has 1 amide bonds. The fraction of sp³-hybridized carbons (Fsp3) is 0.562. The van der Waals surface area contributed by atoms with Gasteiger partial charge in [-0.1, -0.05) is 18.3 Å². The van der Waals surface area contributed by atoms with Crippen LogP contribution in [0.25, 0.3) is 9.53 Å². The number of nitrogens with zero attached hydrogens (tertiary/aromatic N) is 3. The number of amides is 1. The number of carbonyl (C=O) groups excluding carboxylic acids is 1. The largest absolute Gasteiger partial charge is 0.481 e. The molecule has 1 aliphatic rings. The van der Waals surface area contributed by atoms with Crippen LogP contribution >= 0.6 is 22.7 Å². The molecule has 130 valence electrons. The maximum atomic E-state index is 12.7. The van der Waals surface area contributed by atoms with Crippen molar-refractivity contribution in [3.05, 3.63) is 10.9 Å². The van der Waals surface area contributed by atoms with E-state index in [0.717, 1.165) is 27.8 Å². The quantitative estimate of drug-likeness (QED) is 0.879. The molecule has 3 heterocycles. The smallest absolute Gasteiger partial charge is 0.308 e. The molecule has 8 heteroatoms. The van der Waals surface area contributed by atoms with E-state index in [1.165, 1.54) is 11.3 Å². The molecule has 1 aliphatic heterocycles. The van der Waals surface area contributed by atoms with Crippen molar-refractivity contribution in [2.45, 2.75) is 20.8 Å². The van der Waals surface area contributed by atoms with Crippen molar-refractivity contribution >= 4 is 49.2 Å². The lowest BCUT2D eigenvalue weighted by Gasteiger charge is -2.16. The van der Waals surface area contributed by atoms with Gasteiger partial charge in [-0.2, -0.15) is 0 Å². The predicted octanol–water partition coefficient (Wildman–Crippen LogP) is 3.00. The number of fused-ring (bicyclic) bond motifs is 1. The molecule has 0 bridgehead atoms. The second kappa shape index (κ2) is 6.68. The molecule has 0 saturated carbocycles. The van der Waals surface area contributed by atoms with Crippen LogP contribution in [0.5, 0.6) is 0 Å². The fourth-order valence-electron chi connectivity index (χ4n) is 3.07. The highest BCUT2D eigenvalue weighted by atomic mass is 32.1. The summed E-state index contributed by atoms with van der Waals surface area (Å²) in [5, 5.41) is 10.2. The van der Waals surface area contributed by atoms with Crippen LogP contribution in [0.1, 0.15) is 30.4 Å². The van der Waals surface area contributed by atoms with E-state index in [4.69, 9.17) is 0 Å². The summed E-state index contributed by atoms with van der Waals surface area (Å²) in [7, 11) is 0. The minimum atomic E-state index is -0.824. The summed E-state index contributed by atoms with van der Waals surface area (Å²) < 4.78 is 1.02. The Morgan fingerprint density at radius 1 is 1.33 bits per heavy atom. The van der Waals surface area contributed by atoms with Crippen LogP contribution in [0.3, 0.4) is 0 Å². The standard InChI is InChI=1S/C16H21N3O3S2/c1-4-18(5-2)16-17-13-11(24-16)6-12(23-13)14(20)19-7-9(3)10(8-19)15(21)22/h6,9-10H,4-5,7-8H2,1-3H3,(H,21,22)/t9-,10-/m1/s1. The van der Waals surface area contributed by atoms with Crippen LogP contribution in [0.4, 0.5) is 5.13 Å². The molecule has 0 unspecified atom stereocenters. The van der Waals surface area contributed by atoms with E-state index in [9.17, 15) is 14.7 Å². The highest BCUT2D eigenvalue weighted by Crippen LogP contribution is 2.36. The van der Waals surface area contributed by atoms with E-state index in [2.05, 4.69) is 23.7 Å². The molecule has 0 radical (unpaired) electrons. The Balaban J connectivity index is 1.79. The summed E-state index contributed by atoms with van der Waals surface area (Å²) in [4.78, 5) is 33.9. The molecule has 2 aromatic heterocycles. The zero-order chi connectivity index (χ0) is 17.4. The Kier molecular flexibility index (Phi) is 4.78. The van der Waals surface area contributed by atoms with Crippen LogP contribution in [0.15, 0.2) is 6.07 Å². The number of hydrogen-bond acceptors (Lipinski definition) is 6. The third-order valence-electron chi connectivity index (χ3n) is 4.54. The minimum absolute atomic E-state index is 0.0140. The van der Waals surface area contributed by atoms with E-state index in [-0.39, 0.29) is 11.8 Å². The zero-order valence-corrected chi connectivity index (χ0v) is 15.6. The van der Waals surface area contributed by atoms with E-state index in [0.29, 0.717) is 18.0 Å². The second-order valence-electron chi connectivity index (χ2n) is 6.08. The Hall–Kier alpha value is -1.67. The van der Waals surface area contributed by atoms with Crippen molar-refractivity contribution in [1.29, 1.82) is 0 Å². The van der Waals surface area contributed by atoms with Gasteiger partial charge in [0.05, 0.1) is 15.5 Å². The van der Waals surface area contributed by atoms with Crippen LogP contribution < -0.4 is 4.90 Å². The summed E-state index contributed by atoms with van der Waals surface area (Å²) in [6, 6.07) is 1.89. The van der Waals surface area contributed by atoms with Gasteiger partial charge in [0.2, 0.25) is 0 Å². The Labute approximate surface area is 148 Å². The first-order valence-corrected chi connectivity index (χ1v) is 9.75. The van der Waals surface area contributed by atoms with Gasteiger partial charge in [-0.05, 0) is 25.8 Å². The lowest BCUT2D eigenvalue weighted by Crippen LogP contribution is -2.29. The number of thiazole rings is 1. The van der Waals surface area contributed by atoms with Gasteiger partial charge < -0.3 is 14.9 Å². The zero-order valence-electron chi connectivity index (χ0n) is 14.0. The number of aromatic nitrogens is 1. The average molecular weight is 367 g/mol. The van der Waals surface area contributed by atoms with Gasteiger partial charge >= 0.3 is 5.97 Å². The number of thiophene rings is 1. The Morgan fingerprint density at radius 2 is 2.04 bits per heavy atom. The fourth-order valence-corrected chi connectivity index (χ4v) is 5.37. The number of carboxylic acids is 1. The highest BCUT2D eigenvalue weighted by molar-refractivity contribution is 7.29. The summed E-state index contributed by atoms with van der Waals surface area (Å²) in [5.41, 5.74) is 0. The summed E-state index contributed by atoms with van der Waals surface area (Å²) in [6.45, 7) is 8.69. The van der Waals surface area contributed by atoms with Crippen molar-refractivity contribution in [3.8, 4) is 0 Å². The maximum Gasteiger partial charge on any atom is 0.308 e. The molecule has 6 nitrogen and oxygen atoms in total. The van der Waals surface area contributed by atoms with Crippen LogP contribution in [0, 0.1) is 11.8 Å². The van der Waals surface area contributed by atoms with Crippen molar-refractivity contribution in [2.75, 3.05) is 31.1 Å². The molecule has 0 aliphatic carbocycles. The Morgan fingerprint density at radius 3 is 2.58 bits per heavy atom. The van der Waals surface area contributed by atoms with Crippen LogP contribution in [0.2, 0.25) is 0 Å². The van der Waals surface area contributed by atoms with Gasteiger partial charge in [0, 0.05) is 26.2 Å². The van der Waals surface area contributed by atoms with E-state index >= 15 is 0 Å². The molecule has 0 spiro atoms. The van der Waals surface area contributed by atoms with Gasteiger partial charge in [-0.25, -0.2) is 4.98 Å². The van der Waals surface area contributed by atoms with Crippen molar-refractivity contribution in [3.63, 3.8) is 0 Å². The third-order valence-corrected chi connectivity index (χ3v) is 6.75. The summed E-state index contributed by atoms with van der Waals surface area (Å²) in [5.74, 6) is -1.39.